The lowest BCUT2D eigenvalue weighted by Gasteiger charge is -2.42. The van der Waals surface area contributed by atoms with Gasteiger partial charge in [-0.2, -0.15) is 0 Å². The van der Waals surface area contributed by atoms with Gasteiger partial charge in [-0.15, -0.1) is 11.3 Å². The maximum Gasteiger partial charge on any atom is 0.325 e. The molecule has 9 heteroatoms. The molecular formula is C31H38ClN5O2S. The fourth-order valence-electron chi connectivity index (χ4n) is 6.69. The Kier molecular flexibility index (Phi) is 7.21. The number of phenolic OH excluding ortho intramolecular Hbond substituents is 1. The second kappa shape index (κ2) is 10.5. The molecule has 0 radical (unpaired) electrons. The molecule has 2 aromatic carbocycles. The van der Waals surface area contributed by atoms with Crippen LogP contribution in [0.1, 0.15) is 62.6 Å². The molecule has 2 amide bonds. The highest BCUT2D eigenvalue weighted by Crippen LogP contribution is 2.56. The number of hydrogen-bond donors (Lipinski definition) is 3. The van der Waals surface area contributed by atoms with Crippen LogP contribution in [0.15, 0.2) is 36.4 Å². The van der Waals surface area contributed by atoms with Gasteiger partial charge < -0.3 is 20.2 Å². The summed E-state index contributed by atoms with van der Waals surface area (Å²) in [4.78, 5) is 23.7. The number of amides is 2. The first kappa shape index (κ1) is 27.4. The molecule has 6 rings (SSSR count). The molecule has 1 aliphatic carbocycles. The Balaban J connectivity index is 1.27. The minimum absolute atomic E-state index is 0.172. The number of anilines is 4. The number of piperidine rings is 1. The predicted octanol–water partition coefficient (Wildman–Crippen LogP) is 7.56. The van der Waals surface area contributed by atoms with Crippen LogP contribution in [0.25, 0.3) is 0 Å². The average Bonchev–Trinajstić information content (AvgIpc) is 3.46. The topological polar surface area (TPSA) is 80.7 Å². The number of para-hydroxylation sites is 2. The Morgan fingerprint density at radius 3 is 2.60 bits per heavy atom. The summed E-state index contributed by atoms with van der Waals surface area (Å²) in [6.45, 7) is 10.6. The predicted molar refractivity (Wildman–Crippen MR) is 165 cm³/mol. The van der Waals surface area contributed by atoms with Gasteiger partial charge in [0.2, 0.25) is 0 Å². The standard InChI is InChI=1S/C31H38ClN5O2S/c1-30(2,3)18-36-16-14-31(15-17-36)19-37(27-24(38)13-12-20(32)26(27)31)23-10-6-4-8-21(23)33-28(39)35-29-34-22-9-5-7-11-25(22)40-29/h4,6,8,10,12-13,38H,5,7,9,11,14-19H2,1-3H3,(H2,33,34,35,39). The van der Waals surface area contributed by atoms with Crippen LogP contribution in [0.2, 0.25) is 5.02 Å². The first-order valence-electron chi connectivity index (χ1n) is 14.3. The smallest absolute Gasteiger partial charge is 0.325 e. The van der Waals surface area contributed by atoms with Crippen LogP contribution in [0.4, 0.5) is 27.0 Å². The molecule has 3 N–H and O–H groups in total. The van der Waals surface area contributed by atoms with Crippen LogP contribution in [0.5, 0.6) is 5.75 Å². The lowest BCUT2D eigenvalue weighted by atomic mass is 9.74. The van der Waals surface area contributed by atoms with Crippen molar-refractivity contribution in [1.29, 1.82) is 0 Å². The highest BCUT2D eigenvalue weighted by molar-refractivity contribution is 7.15. The molecule has 2 aliphatic heterocycles. The fourth-order valence-corrected chi connectivity index (χ4v) is 8.09. The summed E-state index contributed by atoms with van der Waals surface area (Å²) in [5.74, 6) is 0.209. The molecule has 1 saturated heterocycles. The van der Waals surface area contributed by atoms with Crippen molar-refractivity contribution < 1.29 is 9.90 Å². The number of nitrogens with one attached hydrogen (secondary N) is 2. The van der Waals surface area contributed by atoms with E-state index in [1.165, 1.54) is 11.3 Å². The number of aromatic hydroxyl groups is 1. The number of likely N-dealkylation sites (tertiary alicyclic amines) is 1. The Hall–Kier alpha value is -2.81. The highest BCUT2D eigenvalue weighted by Gasteiger charge is 2.48. The third-order valence-electron chi connectivity index (χ3n) is 8.39. The van der Waals surface area contributed by atoms with Gasteiger partial charge in [-0.05, 0) is 81.3 Å². The number of hydrogen-bond acceptors (Lipinski definition) is 6. The Bertz CT molecular complexity index is 1400. The number of thiazole rings is 1. The van der Waals surface area contributed by atoms with Gasteiger partial charge in [0.1, 0.15) is 5.75 Å². The summed E-state index contributed by atoms with van der Waals surface area (Å²) in [6, 6.07) is 10.9. The number of aromatic nitrogens is 1. The number of carbonyl (C=O) groups excluding carboxylic acids is 1. The number of rotatable bonds is 4. The van der Waals surface area contributed by atoms with Crippen molar-refractivity contribution in [3.05, 3.63) is 57.6 Å². The lowest BCUT2D eigenvalue weighted by Crippen LogP contribution is -2.47. The second-order valence-corrected chi connectivity index (χ2v) is 14.2. The number of phenols is 1. The van der Waals surface area contributed by atoms with Crippen molar-refractivity contribution in [2.24, 2.45) is 5.41 Å². The van der Waals surface area contributed by atoms with E-state index in [-0.39, 0.29) is 22.6 Å². The summed E-state index contributed by atoms with van der Waals surface area (Å²) >= 11 is 8.45. The number of benzene rings is 2. The molecule has 0 atom stereocenters. The molecule has 7 nitrogen and oxygen atoms in total. The van der Waals surface area contributed by atoms with Crippen molar-refractivity contribution in [3.63, 3.8) is 0 Å². The maximum absolute atomic E-state index is 13.1. The number of aryl methyl sites for hydroxylation is 2. The van der Waals surface area contributed by atoms with Gasteiger partial charge in [0.05, 0.1) is 22.8 Å². The van der Waals surface area contributed by atoms with Gasteiger partial charge in [0.25, 0.3) is 0 Å². The van der Waals surface area contributed by atoms with Gasteiger partial charge in [-0.3, -0.25) is 5.32 Å². The third-order valence-corrected chi connectivity index (χ3v) is 9.77. The minimum atomic E-state index is -0.321. The van der Waals surface area contributed by atoms with Crippen molar-refractivity contribution in [1.82, 2.24) is 9.88 Å². The number of urea groups is 1. The first-order chi connectivity index (χ1) is 19.1. The molecule has 1 spiro atoms. The molecule has 1 aromatic heterocycles. The molecule has 3 heterocycles. The molecule has 40 heavy (non-hydrogen) atoms. The molecular weight excluding hydrogens is 542 g/mol. The van der Waals surface area contributed by atoms with E-state index >= 15 is 0 Å². The molecule has 0 unspecified atom stereocenters. The van der Waals surface area contributed by atoms with Crippen LogP contribution in [-0.2, 0) is 18.3 Å². The normalized spacial score (nSPS) is 18.4. The van der Waals surface area contributed by atoms with E-state index in [2.05, 4.69) is 46.2 Å². The fraction of sp³-hybridized carbons (Fsp3) is 0.484. The molecule has 3 aliphatic rings. The number of fused-ring (bicyclic) bond motifs is 3. The largest absolute Gasteiger partial charge is 0.506 e. The Morgan fingerprint density at radius 2 is 1.85 bits per heavy atom. The monoisotopic (exact) mass is 579 g/mol. The first-order valence-corrected chi connectivity index (χ1v) is 15.5. The zero-order valence-corrected chi connectivity index (χ0v) is 25.1. The van der Waals surface area contributed by atoms with E-state index in [0.29, 0.717) is 22.4 Å². The summed E-state index contributed by atoms with van der Waals surface area (Å²) in [7, 11) is 0. The lowest BCUT2D eigenvalue weighted by molar-refractivity contribution is 0.125. The SMILES string of the molecule is CC(C)(C)CN1CCC2(CC1)CN(c1ccccc1NC(=O)Nc1nc3c(s1)CCCC3)c1c(O)ccc(Cl)c12. The zero-order chi connectivity index (χ0) is 28.1. The van der Waals surface area contributed by atoms with E-state index in [4.69, 9.17) is 11.6 Å². The molecule has 212 valence electrons. The average molecular weight is 580 g/mol. The summed E-state index contributed by atoms with van der Waals surface area (Å²) in [6.07, 6.45) is 6.27. The van der Waals surface area contributed by atoms with Crippen LogP contribution >= 0.6 is 22.9 Å². The second-order valence-electron chi connectivity index (χ2n) is 12.7. The van der Waals surface area contributed by atoms with Crippen molar-refractivity contribution in [2.75, 3.05) is 41.7 Å². The van der Waals surface area contributed by atoms with Gasteiger partial charge in [0, 0.05) is 34.0 Å². The molecule has 0 bridgehead atoms. The number of nitrogens with zero attached hydrogens (tertiary/aromatic N) is 3. The van der Waals surface area contributed by atoms with Gasteiger partial charge in [-0.25, -0.2) is 9.78 Å². The molecule has 0 saturated carbocycles. The third kappa shape index (κ3) is 5.29. The Labute approximate surface area is 245 Å². The van der Waals surface area contributed by atoms with Crippen LogP contribution in [0, 0.1) is 5.41 Å². The highest BCUT2D eigenvalue weighted by atomic mass is 35.5. The van der Waals surface area contributed by atoms with Crippen molar-refractivity contribution >= 4 is 51.2 Å². The van der Waals surface area contributed by atoms with Gasteiger partial charge >= 0.3 is 6.03 Å². The van der Waals surface area contributed by atoms with Crippen molar-refractivity contribution in [2.45, 2.75) is 64.7 Å². The van der Waals surface area contributed by atoms with E-state index < -0.39 is 0 Å². The molecule has 1 fully saturated rings. The van der Waals surface area contributed by atoms with Gasteiger partial charge in [-0.1, -0.05) is 44.5 Å². The van der Waals surface area contributed by atoms with Crippen LogP contribution in [0.3, 0.4) is 0 Å². The Morgan fingerprint density at radius 1 is 1.10 bits per heavy atom. The maximum atomic E-state index is 13.1. The van der Waals surface area contributed by atoms with E-state index in [0.717, 1.165) is 74.4 Å². The van der Waals surface area contributed by atoms with Gasteiger partial charge in [0.15, 0.2) is 5.13 Å². The summed E-state index contributed by atoms with van der Waals surface area (Å²) in [5.41, 5.74) is 4.47. The number of carbonyl (C=O) groups is 1. The van der Waals surface area contributed by atoms with Crippen LogP contribution < -0.4 is 15.5 Å². The molecule has 3 aromatic rings. The summed E-state index contributed by atoms with van der Waals surface area (Å²) in [5, 5.41) is 18.5. The van der Waals surface area contributed by atoms with E-state index in [9.17, 15) is 9.90 Å². The van der Waals surface area contributed by atoms with Crippen LogP contribution in [-0.4, -0.2) is 47.2 Å². The zero-order valence-electron chi connectivity index (χ0n) is 23.5. The quantitative estimate of drug-likeness (QED) is 0.297. The van der Waals surface area contributed by atoms with E-state index in [1.54, 1.807) is 17.4 Å². The van der Waals surface area contributed by atoms with Crippen molar-refractivity contribution in [3.8, 4) is 5.75 Å². The minimum Gasteiger partial charge on any atom is -0.506 e. The summed E-state index contributed by atoms with van der Waals surface area (Å²) < 4.78 is 0. The van der Waals surface area contributed by atoms with E-state index in [1.807, 2.05) is 30.3 Å². The number of halogens is 1.